The van der Waals surface area contributed by atoms with E-state index in [0.717, 1.165) is 6.42 Å². The maximum absolute atomic E-state index is 11.4. The predicted octanol–water partition coefficient (Wildman–Crippen LogP) is 2.06. The molecule has 3 heteroatoms. The molecule has 0 aliphatic heterocycles. The normalized spacial score (nSPS) is 26.7. The fourth-order valence-electron chi connectivity index (χ4n) is 2.37. The molecule has 0 spiro atoms. The molecule has 0 saturated heterocycles. The van der Waals surface area contributed by atoms with Gasteiger partial charge in [0.1, 0.15) is 0 Å². The SMILES string of the molecule is CCOC(=O)CC1CCCC(N(C)C)C1. The van der Waals surface area contributed by atoms with E-state index in [2.05, 4.69) is 19.0 Å². The van der Waals surface area contributed by atoms with Crippen LogP contribution in [-0.2, 0) is 9.53 Å². The standard InChI is InChI=1S/C12H23NO2/c1-4-15-12(14)9-10-6-5-7-11(8-10)13(2)3/h10-11H,4-9H2,1-3H3. The maximum Gasteiger partial charge on any atom is 0.306 e. The van der Waals surface area contributed by atoms with Crippen LogP contribution in [0.15, 0.2) is 0 Å². The highest BCUT2D eigenvalue weighted by molar-refractivity contribution is 5.69. The Labute approximate surface area is 92.8 Å². The molecule has 1 rings (SSSR count). The van der Waals surface area contributed by atoms with Gasteiger partial charge in [0.05, 0.1) is 6.61 Å². The molecule has 0 N–H and O–H groups in total. The smallest absolute Gasteiger partial charge is 0.306 e. The van der Waals surface area contributed by atoms with Crippen molar-refractivity contribution in [3.63, 3.8) is 0 Å². The van der Waals surface area contributed by atoms with Gasteiger partial charge >= 0.3 is 5.97 Å². The Balaban J connectivity index is 2.33. The van der Waals surface area contributed by atoms with Gasteiger partial charge in [-0.25, -0.2) is 0 Å². The Morgan fingerprint density at radius 1 is 1.40 bits per heavy atom. The Bertz CT molecular complexity index is 204. The lowest BCUT2D eigenvalue weighted by Gasteiger charge is -2.32. The van der Waals surface area contributed by atoms with Gasteiger partial charge in [0.15, 0.2) is 0 Å². The molecule has 0 aromatic carbocycles. The van der Waals surface area contributed by atoms with E-state index in [1.165, 1.54) is 19.3 Å². The monoisotopic (exact) mass is 213 g/mol. The molecule has 0 aromatic heterocycles. The minimum Gasteiger partial charge on any atom is -0.466 e. The van der Waals surface area contributed by atoms with E-state index < -0.39 is 0 Å². The number of nitrogens with zero attached hydrogens (tertiary/aromatic N) is 1. The highest BCUT2D eigenvalue weighted by atomic mass is 16.5. The molecule has 0 amide bonds. The number of carbonyl (C=O) groups is 1. The van der Waals surface area contributed by atoms with Crippen LogP contribution in [0, 0.1) is 5.92 Å². The second-order valence-corrected chi connectivity index (χ2v) is 4.66. The molecule has 0 heterocycles. The van der Waals surface area contributed by atoms with Crippen LogP contribution in [0.5, 0.6) is 0 Å². The summed E-state index contributed by atoms with van der Waals surface area (Å²) in [5, 5.41) is 0. The van der Waals surface area contributed by atoms with Crippen molar-refractivity contribution in [1.29, 1.82) is 0 Å². The van der Waals surface area contributed by atoms with Gasteiger partial charge in [-0.1, -0.05) is 6.42 Å². The summed E-state index contributed by atoms with van der Waals surface area (Å²) >= 11 is 0. The number of hydrogen-bond donors (Lipinski definition) is 0. The Hall–Kier alpha value is -0.570. The molecule has 2 atom stereocenters. The van der Waals surface area contributed by atoms with E-state index in [1.54, 1.807) is 0 Å². The first-order valence-electron chi connectivity index (χ1n) is 5.95. The summed E-state index contributed by atoms with van der Waals surface area (Å²) in [7, 11) is 4.24. The first kappa shape index (κ1) is 12.5. The zero-order valence-electron chi connectivity index (χ0n) is 10.2. The second-order valence-electron chi connectivity index (χ2n) is 4.66. The molecule has 1 aliphatic carbocycles. The average Bonchev–Trinajstić information content (AvgIpc) is 2.18. The van der Waals surface area contributed by atoms with Crippen molar-refractivity contribution in [1.82, 2.24) is 4.90 Å². The van der Waals surface area contributed by atoms with Gasteiger partial charge in [-0.2, -0.15) is 0 Å². The molecule has 0 aromatic rings. The molecule has 1 aliphatic rings. The summed E-state index contributed by atoms with van der Waals surface area (Å²) in [6.45, 7) is 2.37. The van der Waals surface area contributed by atoms with Gasteiger partial charge in [-0.05, 0) is 46.2 Å². The third kappa shape index (κ3) is 4.20. The fraction of sp³-hybridized carbons (Fsp3) is 0.917. The topological polar surface area (TPSA) is 29.5 Å². The summed E-state index contributed by atoms with van der Waals surface area (Å²) < 4.78 is 4.99. The molecule has 0 radical (unpaired) electrons. The number of ether oxygens (including phenoxy) is 1. The lowest BCUT2D eigenvalue weighted by Crippen LogP contribution is -2.33. The number of carbonyl (C=O) groups excluding carboxylic acids is 1. The summed E-state index contributed by atoms with van der Waals surface area (Å²) in [5.41, 5.74) is 0. The number of hydrogen-bond acceptors (Lipinski definition) is 3. The summed E-state index contributed by atoms with van der Waals surface area (Å²) in [6, 6.07) is 0.651. The molecule has 0 bridgehead atoms. The molecular weight excluding hydrogens is 190 g/mol. The largest absolute Gasteiger partial charge is 0.466 e. The van der Waals surface area contributed by atoms with Crippen LogP contribution in [0.4, 0.5) is 0 Å². The van der Waals surface area contributed by atoms with Gasteiger partial charge in [0.25, 0.3) is 0 Å². The van der Waals surface area contributed by atoms with Crippen LogP contribution in [0.1, 0.15) is 39.0 Å². The van der Waals surface area contributed by atoms with Crippen molar-refractivity contribution in [3.8, 4) is 0 Å². The van der Waals surface area contributed by atoms with Gasteiger partial charge in [-0.15, -0.1) is 0 Å². The quantitative estimate of drug-likeness (QED) is 0.669. The van der Waals surface area contributed by atoms with Crippen LogP contribution in [0.3, 0.4) is 0 Å². The fourth-order valence-corrected chi connectivity index (χ4v) is 2.37. The van der Waals surface area contributed by atoms with Gasteiger partial charge in [0.2, 0.25) is 0 Å². The molecule has 3 nitrogen and oxygen atoms in total. The molecule has 1 fully saturated rings. The lowest BCUT2D eigenvalue weighted by molar-refractivity contribution is -0.144. The van der Waals surface area contributed by atoms with Crippen molar-refractivity contribution in [2.45, 2.75) is 45.1 Å². The Kier molecular flexibility index (Phi) is 5.09. The first-order valence-corrected chi connectivity index (χ1v) is 5.95. The summed E-state index contributed by atoms with van der Waals surface area (Å²) in [5.74, 6) is 0.507. The summed E-state index contributed by atoms with van der Waals surface area (Å²) in [6.07, 6.45) is 5.45. The predicted molar refractivity (Wildman–Crippen MR) is 60.7 cm³/mol. The van der Waals surface area contributed by atoms with Crippen LogP contribution in [0.2, 0.25) is 0 Å². The molecular formula is C12H23NO2. The van der Waals surface area contributed by atoms with Crippen LogP contribution in [-0.4, -0.2) is 37.6 Å². The van der Waals surface area contributed by atoms with E-state index in [4.69, 9.17) is 4.74 Å². The molecule has 88 valence electrons. The molecule has 2 unspecified atom stereocenters. The van der Waals surface area contributed by atoms with E-state index in [9.17, 15) is 4.79 Å². The van der Waals surface area contributed by atoms with Gasteiger partial charge < -0.3 is 9.64 Å². The van der Waals surface area contributed by atoms with Crippen molar-refractivity contribution in [3.05, 3.63) is 0 Å². The van der Waals surface area contributed by atoms with E-state index >= 15 is 0 Å². The third-order valence-electron chi connectivity index (χ3n) is 3.25. The van der Waals surface area contributed by atoms with Gasteiger partial charge in [-0.3, -0.25) is 4.79 Å². The minimum atomic E-state index is -0.0260. The average molecular weight is 213 g/mol. The van der Waals surface area contributed by atoms with Crippen LogP contribution in [0.25, 0.3) is 0 Å². The maximum atomic E-state index is 11.4. The van der Waals surface area contributed by atoms with Crippen LogP contribution >= 0.6 is 0 Å². The van der Waals surface area contributed by atoms with E-state index in [1.807, 2.05) is 6.92 Å². The van der Waals surface area contributed by atoms with Gasteiger partial charge in [0, 0.05) is 12.5 Å². The summed E-state index contributed by atoms with van der Waals surface area (Å²) in [4.78, 5) is 13.6. The van der Waals surface area contributed by atoms with E-state index in [0.29, 0.717) is 25.0 Å². The lowest BCUT2D eigenvalue weighted by atomic mass is 9.83. The first-order chi connectivity index (χ1) is 7.13. The third-order valence-corrected chi connectivity index (χ3v) is 3.25. The Morgan fingerprint density at radius 2 is 2.13 bits per heavy atom. The highest BCUT2D eigenvalue weighted by Crippen LogP contribution is 2.29. The Morgan fingerprint density at radius 3 is 2.73 bits per heavy atom. The van der Waals surface area contributed by atoms with E-state index in [-0.39, 0.29) is 5.97 Å². The second kappa shape index (κ2) is 6.11. The van der Waals surface area contributed by atoms with Crippen molar-refractivity contribution in [2.24, 2.45) is 5.92 Å². The van der Waals surface area contributed by atoms with Crippen LogP contribution < -0.4 is 0 Å². The zero-order valence-corrected chi connectivity index (χ0v) is 10.2. The highest BCUT2D eigenvalue weighted by Gasteiger charge is 2.25. The molecule has 15 heavy (non-hydrogen) atoms. The van der Waals surface area contributed by atoms with Crippen molar-refractivity contribution < 1.29 is 9.53 Å². The molecule has 1 saturated carbocycles. The van der Waals surface area contributed by atoms with Crippen molar-refractivity contribution >= 4 is 5.97 Å². The number of rotatable bonds is 4. The van der Waals surface area contributed by atoms with Crippen molar-refractivity contribution in [2.75, 3.05) is 20.7 Å². The number of esters is 1. The zero-order chi connectivity index (χ0) is 11.3. The minimum absolute atomic E-state index is 0.0260.